The van der Waals surface area contributed by atoms with Crippen molar-refractivity contribution < 1.29 is 24.1 Å². The van der Waals surface area contributed by atoms with Crippen molar-refractivity contribution in [3.8, 4) is 11.5 Å². The normalized spacial score (nSPS) is 14.8. The molecular formula is C23H24N4O5. The third-order valence-corrected chi connectivity index (χ3v) is 5.12. The Morgan fingerprint density at radius 2 is 2.16 bits per heavy atom. The molecule has 0 fully saturated rings. The fourth-order valence-electron chi connectivity index (χ4n) is 3.56. The molecule has 2 aliphatic heterocycles. The molecule has 2 aromatic rings. The Bertz CT molecular complexity index is 1100. The first kappa shape index (κ1) is 21.4. The molecule has 9 nitrogen and oxygen atoms in total. The predicted octanol–water partition coefficient (Wildman–Crippen LogP) is 3.13. The van der Waals surface area contributed by atoms with Crippen LogP contribution in [0.15, 0.2) is 52.7 Å². The van der Waals surface area contributed by atoms with Gasteiger partial charge < -0.3 is 24.2 Å². The minimum Gasteiger partial charge on any atom is -0.507 e. The van der Waals surface area contributed by atoms with Crippen molar-refractivity contribution in [3.63, 3.8) is 0 Å². The average molecular weight is 436 g/mol. The number of carbonyl (C=O) groups is 1. The van der Waals surface area contributed by atoms with Crippen molar-refractivity contribution in [1.29, 1.82) is 0 Å². The van der Waals surface area contributed by atoms with Crippen molar-refractivity contribution in [3.05, 3.63) is 53.9 Å². The first-order valence-electron chi connectivity index (χ1n) is 10.2. The number of pyridine rings is 1. The van der Waals surface area contributed by atoms with E-state index in [0.717, 1.165) is 11.4 Å². The molecule has 0 bridgehead atoms. The van der Waals surface area contributed by atoms with Crippen LogP contribution in [0, 0.1) is 0 Å². The van der Waals surface area contributed by atoms with Crippen molar-refractivity contribution in [2.24, 2.45) is 9.98 Å². The number of benzene rings is 1. The third-order valence-electron chi connectivity index (χ3n) is 5.12. The Labute approximate surface area is 185 Å². The minimum absolute atomic E-state index is 0.0562. The number of hydrogen-bond donors (Lipinski definition) is 1. The molecule has 0 atom stereocenters. The molecule has 1 aromatic heterocycles. The standard InChI is InChI=1S/C23H24N4O5/c1-30-20(29)6-4-12-32-18-8-7-16-21(22(18)31-2)26-19(27-11-10-25-23(16)27)13-17(28)15-5-3-9-24-14-15/h3,5,7-9,13-14,28H,4,6,10-12H2,1-2H3/b17-13-. The van der Waals surface area contributed by atoms with Crippen LogP contribution in [0.1, 0.15) is 24.0 Å². The smallest absolute Gasteiger partial charge is 0.305 e. The Morgan fingerprint density at radius 3 is 2.91 bits per heavy atom. The Hall–Kier alpha value is -3.88. The second-order valence-electron chi connectivity index (χ2n) is 7.12. The highest BCUT2D eigenvalue weighted by atomic mass is 16.5. The summed E-state index contributed by atoms with van der Waals surface area (Å²) in [5.74, 6) is 2.10. The molecule has 1 aromatic carbocycles. The lowest BCUT2D eigenvalue weighted by Gasteiger charge is -2.27. The van der Waals surface area contributed by atoms with Crippen LogP contribution in [0.4, 0.5) is 5.69 Å². The molecule has 32 heavy (non-hydrogen) atoms. The van der Waals surface area contributed by atoms with Crippen molar-refractivity contribution in [2.75, 3.05) is 33.9 Å². The molecule has 0 aliphatic carbocycles. The van der Waals surface area contributed by atoms with Gasteiger partial charge in [0.25, 0.3) is 0 Å². The van der Waals surface area contributed by atoms with Gasteiger partial charge in [0.2, 0.25) is 0 Å². The van der Waals surface area contributed by atoms with Gasteiger partial charge in [-0.15, -0.1) is 0 Å². The van der Waals surface area contributed by atoms with E-state index < -0.39 is 0 Å². The highest BCUT2D eigenvalue weighted by Gasteiger charge is 2.31. The first-order chi connectivity index (χ1) is 15.6. The van der Waals surface area contributed by atoms with E-state index in [1.165, 1.54) is 7.11 Å². The number of ether oxygens (including phenoxy) is 3. The number of hydrogen-bond acceptors (Lipinski definition) is 9. The summed E-state index contributed by atoms with van der Waals surface area (Å²) in [4.78, 5) is 26.7. The van der Waals surface area contributed by atoms with Gasteiger partial charge in [-0.05, 0) is 30.7 Å². The van der Waals surface area contributed by atoms with Gasteiger partial charge in [0, 0.05) is 42.6 Å². The van der Waals surface area contributed by atoms with E-state index in [-0.39, 0.29) is 18.1 Å². The molecule has 0 saturated carbocycles. The van der Waals surface area contributed by atoms with E-state index in [2.05, 4.69) is 14.7 Å². The van der Waals surface area contributed by atoms with Gasteiger partial charge >= 0.3 is 5.97 Å². The number of aliphatic imine (C=N–C) groups is 2. The maximum atomic E-state index is 11.3. The lowest BCUT2D eigenvalue weighted by atomic mass is 10.1. The van der Waals surface area contributed by atoms with Crippen molar-refractivity contribution >= 4 is 29.1 Å². The molecule has 0 unspecified atom stereocenters. The summed E-state index contributed by atoms with van der Waals surface area (Å²) < 4.78 is 16.1. The number of aromatic nitrogens is 1. The van der Waals surface area contributed by atoms with E-state index in [0.29, 0.717) is 54.7 Å². The molecule has 4 rings (SSSR count). The quantitative estimate of drug-likeness (QED) is 0.385. The van der Waals surface area contributed by atoms with Gasteiger partial charge in [0.15, 0.2) is 11.5 Å². The summed E-state index contributed by atoms with van der Waals surface area (Å²) in [5.41, 5.74) is 2.01. The number of aliphatic hydroxyl groups is 1. The number of amidine groups is 2. The second-order valence-corrected chi connectivity index (χ2v) is 7.12. The van der Waals surface area contributed by atoms with E-state index in [4.69, 9.17) is 14.5 Å². The lowest BCUT2D eigenvalue weighted by molar-refractivity contribution is -0.140. The number of nitrogens with zero attached hydrogens (tertiary/aromatic N) is 4. The van der Waals surface area contributed by atoms with Crippen LogP contribution >= 0.6 is 0 Å². The van der Waals surface area contributed by atoms with Crippen LogP contribution in [-0.4, -0.2) is 66.5 Å². The largest absolute Gasteiger partial charge is 0.507 e. The lowest BCUT2D eigenvalue weighted by Crippen LogP contribution is -2.36. The van der Waals surface area contributed by atoms with Crippen LogP contribution < -0.4 is 9.47 Å². The van der Waals surface area contributed by atoms with Crippen LogP contribution in [-0.2, 0) is 9.53 Å². The molecule has 1 N–H and O–H groups in total. The maximum Gasteiger partial charge on any atom is 0.305 e. The summed E-state index contributed by atoms with van der Waals surface area (Å²) in [5, 5.41) is 10.6. The van der Waals surface area contributed by atoms with Gasteiger partial charge in [0.1, 0.15) is 23.1 Å². The van der Waals surface area contributed by atoms with E-state index in [1.54, 1.807) is 37.7 Å². The fourth-order valence-corrected chi connectivity index (χ4v) is 3.56. The summed E-state index contributed by atoms with van der Waals surface area (Å²) in [6.45, 7) is 1.62. The first-order valence-corrected chi connectivity index (χ1v) is 10.2. The number of methoxy groups -OCH3 is 2. The van der Waals surface area contributed by atoms with Gasteiger partial charge in [-0.2, -0.15) is 0 Å². The van der Waals surface area contributed by atoms with E-state index >= 15 is 0 Å². The Kier molecular flexibility index (Phi) is 6.34. The number of fused-ring (bicyclic) bond motifs is 3. The molecule has 0 radical (unpaired) electrons. The third kappa shape index (κ3) is 4.27. The van der Waals surface area contributed by atoms with Crippen LogP contribution in [0.25, 0.3) is 5.76 Å². The maximum absolute atomic E-state index is 11.3. The summed E-state index contributed by atoms with van der Waals surface area (Å²) >= 11 is 0. The van der Waals surface area contributed by atoms with Gasteiger partial charge in [-0.25, -0.2) is 4.99 Å². The molecular weight excluding hydrogens is 412 g/mol. The van der Waals surface area contributed by atoms with Crippen molar-refractivity contribution in [1.82, 2.24) is 9.88 Å². The highest BCUT2D eigenvalue weighted by molar-refractivity contribution is 6.20. The SMILES string of the molecule is COC(=O)CCCOc1ccc2c(c1OC)N=C(/C=C(\O)c1cccnc1)N1CCN=C21. The minimum atomic E-state index is -0.278. The summed E-state index contributed by atoms with van der Waals surface area (Å²) in [6.07, 6.45) is 5.63. The average Bonchev–Trinajstić information content (AvgIpc) is 3.32. The molecule has 166 valence electrons. The van der Waals surface area contributed by atoms with Gasteiger partial charge in [-0.1, -0.05) is 0 Å². The summed E-state index contributed by atoms with van der Waals surface area (Å²) in [7, 11) is 2.92. The summed E-state index contributed by atoms with van der Waals surface area (Å²) in [6, 6.07) is 7.25. The van der Waals surface area contributed by atoms with E-state index in [9.17, 15) is 9.90 Å². The number of esters is 1. The zero-order valence-electron chi connectivity index (χ0n) is 17.9. The van der Waals surface area contributed by atoms with Crippen LogP contribution in [0.3, 0.4) is 0 Å². The molecule has 2 aliphatic rings. The second kappa shape index (κ2) is 9.51. The Morgan fingerprint density at radius 1 is 1.28 bits per heavy atom. The molecule has 0 spiro atoms. The number of carbonyl (C=O) groups excluding carboxylic acids is 1. The monoisotopic (exact) mass is 436 g/mol. The van der Waals surface area contributed by atoms with Gasteiger partial charge in [0.05, 0.1) is 27.4 Å². The molecule has 9 heteroatoms. The molecule has 3 heterocycles. The predicted molar refractivity (Wildman–Crippen MR) is 120 cm³/mol. The molecule has 0 saturated heterocycles. The topological polar surface area (TPSA) is 106 Å². The number of rotatable bonds is 8. The zero-order chi connectivity index (χ0) is 22.5. The van der Waals surface area contributed by atoms with Crippen LogP contribution in [0.5, 0.6) is 11.5 Å². The van der Waals surface area contributed by atoms with Crippen LogP contribution in [0.2, 0.25) is 0 Å². The van der Waals surface area contributed by atoms with Gasteiger partial charge in [-0.3, -0.25) is 14.8 Å². The van der Waals surface area contributed by atoms with E-state index in [1.807, 2.05) is 17.0 Å². The fraction of sp³-hybridized carbons (Fsp3) is 0.304. The number of aliphatic hydroxyl groups excluding tert-OH is 1. The van der Waals surface area contributed by atoms with Crippen molar-refractivity contribution in [2.45, 2.75) is 12.8 Å². The highest BCUT2D eigenvalue weighted by Crippen LogP contribution is 2.43. The molecule has 0 amide bonds. The zero-order valence-corrected chi connectivity index (χ0v) is 17.9. The Balaban J connectivity index is 1.66.